The van der Waals surface area contributed by atoms with E-state index in [1.807, 2.05) is 13.8 Å². The van der Waals surface area contributed by atoms with Gasteiger partial charge in [-0.25, -0.2) is 9.59 Å². The highest BCUT2D eigenvalue weighted by molar-refractivity contribution is 5.84. The molecule has 0 fully saturated rings. The van der Waals surface area contributed by atoms with Crippen LogP contribution in [0.5, 0.6) is 0 Å². The first kappa shape index (κ1) is 19.7. The molecule has 2 unspecified atom stereocenters. The number of carbonyl (C=O) groups is 2. The molecule has 0 aromatic carbocycles. The van der Waals surface area contributed by atoms with E-state index in [4.69, 9.17) is 4.74 Å². The number of hydrogen-bond donors (Lipinski definition) is 3. The Kier molecular flexibility index (Phi) is 7.16. The van der Waals surface area contributed by atoms with Crippen LogP contribution in [0.4, 0.5) is 4.79 Å². The van der Waals surface area contributed by atoms with Crippen LogP contribution in [-0.4, -0.2) is 39.5 Å². The van der Waals surface area contributed by atoms with Gasteiger partial charge in [0.2, 0.25) is 0 Å². The first-order chi connectivity index (χ1) is 9.42. The Balaban J connectivity index is 5.26. The topological polar surface area (TPSA) is 95.9 Å². The summed E-state index contributed by atoms with van der Waals surface area (Å²) < 4.78 is 5.15. The van der Waals surface area contributed by atoms with Crippen LogP contribution >= 0.6 is 0 Å². The molecule has 21 heavy (non-hydrogen) atoms. The maximum atomic E-state index is 12.0. The van der Waals surface area contributed by atoms with Gasteiger partial charge in [0.25, 0.3) is 0 Å². The van der Waals surface area contributed by atoms with E-state index in [-0.39, 0.29) is 18.8 Å². The second-order valence-corrected chi connectivity index (χ2v) is 6.88. The number of carboxylic acid groups (broad SMARTS) is 1. The second-order valence-electron chi connectivity index (χ2n) is 6.88. The Bertz CT molecular complexity index is 362. The number of ether oxygens (including phenoxy) is 1. The third-order valence-corrected chi connectivity index (χ3v) is 2.96. The van der Waals surface area contributed by atoms with Crippen molar-refractivity contribution in [1.82, 2.24) is 5.32 Å². The summed E-state index contributed by atoms with van der Waals surface area (Å²) in [6, 6.07) is 0. The monoisotopic (exact) mass is 303 g/mol. The number of carboxylic acids is 1. The third-order valence-electron chi connectivity index (χ3n) is 2.96. The molecule has 0 rings (SSSR count). The second kappa shape index (κ2) is 7.64. The SMILES string of the molecule is CCC(O)CC(CC(C)C)(NC(=O)OC(C)(C)C)C(=O)O. The number of rotatable bonds is 7. The van der Waals surface area contributed by atoms with Gasteiger partial charge in [-0.1, -0.05) is 20.8 Å². The standard InChI is InChI=1S/C15H29NO5/c1-7-11(17)9-15(12(18)19,8-10(2)3)16-13(20)21-14(4,5)6/h10-11,17H,7-9H2,1-6H3,(H,16,20)(H,18,19). The molecule has 0 aliphatic rings. The van der Waals surface area contributed by atoms with Crippen LogP contribution in [0.1, 0.15) is 60.8 Å². The Morgan fingerprint density at radius 3 is 2.05 bits per heavy atom. The van der Waals surface area contributed by atoms with Gasteiger partial charge in [-0.2, -0.15) is 0 Å². The lowest BCUT2D eigenvalue weighted by atomic mass is 9.83. The summed E-state index contributed by atoms with van der Waals surface area (Å²) in [6.07, 6.45) is -0.985. The van der Waals surface area contributed by atoms with Crippen LogP contribution in [0.2, 0.25) is 0 Å². The molecule has 0 aliphatic carbocycles. The fourth-order valence-corrected chi connectivity index (χ4v) is 2.16. The quantitative estimate of drug-likeness (QED) is 0.671. The Morgan fingerprint density at radius 1 is 1.19 bits per heavy atom. The molecule has 0 heterocycles. The molecule has 0 spiro atoms. The minimum atomic E-state index is -1.52. The molecular weight excluding hydrogens is 274 g/mol. The van der Waals surface area contributed by atoms with Crippen molar-refractivity contribution in [2.45, 2.75) is 78.0 Å². The van der Waals surface area contributed by atoms with E-state index in [1.165, 1.54) is 0 Å². The number of alkyl carbamates (subject to hydrolysis) is 1. The number of nitrogens with one attached hydrogen (secondary N) is 1. The van der Waals surface area contributed by atoms with Crippen molar-refractivity contribution in [3.05, 3.63) is 0 Å². The molecule has 1 amide bonds. The number of hydrogen-bond acceptors (Lipinski definition) is 4. The zero-order chi connectivity index (χ0) is 16.8. The van der Waals surface area contributed by atoms with E-state index < -0.39 is 29.3 Å². The van der Waals surface area contributed by atoms with Crippen LogP contribution in [0, 0.1) is 5.92 Å². The van der Waals surface area contributed by atoms with Gasteiger partial charge in [-0.3, -0.25) is 0 Å². The lowest BCUT2D eigenvalue weighted by Crippen LogP contribution is -2.57. The van der Waals surface area contributed by atoms with E-state index in [0.29, 0.717) is 6.42 Å². The minimum absolute atomic E-state index is 0.0418. The summed E-state index contributed by atoms with van der Waals surface area (Å²) in [4.78, 5) is 23.7. The molecule has 0 bridgehead atoms. The van der Waals surface area contributed by atoms with Gasteiger partial charge in [0.15, 0.2) is 0 Å². The lowest BCUT2D eigenvalue weighted by molar-refractivity contribution is -0.147. The Hall–Kier alpha value is -1.30. The zero-order valence-electron chi connectivity index (χ0n) is 13.9. The summed E-state index contributed by atoms with van der Waals surface area (Å²) in [6.45, 7) is 10.6. The van der Waals surface area contributed by atoms with Crippen LogP contribution in [-0.2, 0) is 9.53 Å². The van der Waals surface area contributed by atoms with Crippen molar-refractivity contribution < 1.29 is 24.5 Å². The van der Waals surface area contributed by atoms with Crippen molar-refractivity contribution in [2.75, 3.05) is 0 Å². The normalized spacial score (nSPS) is 16.2. The van der Waals surface area contributed by atoms with Gasteiger partial charge in [0.05, 0.1) is 6.10 Å². The summed E-state index contributed by atoms with van der Waals surface area (Å²) in [5.41, 5.74) is -2.23. The predicted molar refractivity (Wildman–Crippen MR) is 80.1 cm³/mol. The summed E-state index contributed by atoms with van der Waals surface area (Å²) in [5.74, 6) is -1.12. The average molecular weight is 303 g/mol. The molecule has 0 aliphatic heterocycles. The van der Waals surface area contributed by atoms with E-state index in [1.54, 1.807) is 27.7 Å². The maximum absolute atomic E-state index is 12.0. The molecular formula is C15H29NO5. The Labute approximate surface area is 126 Å². The maximum Gasteiger partial charge on any atom is 0.408 e. The van der Waals surface area contributed by atoms with Crippen molar-refractivity contribution in [1.29, 1.82) is 0 Å². The smallest absolute Gasteiger partial charge is 0.408 e. The number of aliphatic hydroxyl groups is 1. The molecule has 3 N–H and O–H groups in total. The van der Waals surface area contributed by atoms with Gasteiger partial charge >= 0.3 is 12.1 Å². The van der Waals surface area contributed by atoms with E-state index in [2.05, 4.69) is 5.32 Å². The third kappa shape index (κ3) is 7.32. The molecule has 6 heteroatoms. The highest BCUT2D eigenvalue weighted by Gasteiger charge is 2.43. The number of carbonyl (C=O) groups excluding carboxylic acids is 1. The van der Waals surface area contributed by atoms with Crippen LogP contribution in [0.3, 0.4) is 0 Å². The minimum Gasteiger partial charge on any atom is -0.480 e. The number of aliphatic hydroxyl groups excluding tert-OH is 1. The summed E-state index contributed by atoms with van der Waals surface area (Å²) in [7, 11) is 0. The van der Waals surface area contributed by atoms with Crippen molar-refractivity contribution in [3.8, 4) is 0 Å². The van der Waals surface area contributed by atoms with Crippen molar-refractivity contribution in [2.24, 2.45) is 5.92 Å². The molecule has 6 nitrogen and oxygen atoms in total. The highest BCUT2D eigenvalue weighted by atomic mass is 16.6. The molecule has 0 aromatic heterocycles. The fourth-order valence-electron chi connectivity index (χ4n) is 2.16. The van der Waals surface area contributed by atoms with Gasteiger partial charge in [0, 0.05) is 6.42 Å². The average Bonchev–Trinajstić information content (AvgIpc) is 2.24. The first-order valence-corrected chi connectivity index (χ1v) is 7.34. The molecule has 0 saturated heterocycles. The summed E-state index contributed by atoms with van der Waals surface area (Å²) >= 11 is 0. The number of amides is 1. The molecule has 0 radical (unpaired) electrons. The first-order valence-electron chi connectivity index (χ1n) is 7.34. The molecule has 0 saturated carbocycles. The Morgan fingerprint density at radius 2 is 1.71 bits per heavy atom. The molecule has 124 valence electrons. The van der Waals surface area contributed by atoms with Gasteiger partial charge < -0.3 is 20.3 Å². The van der Waals surface area contributed by atoms with E-state index >= 15 is 0 Å². The van der Waals surface area contributed by atoms with Gasteiger partial charge in [-0.05, 0) is 39.5 Å². The van der Waals surface area contributed by atoms with E-state index in [0.717, 1.165) is 0 Å². The molecule has 0 aromatic rings. The number of aliphatic carboxylic acids is 1. The summed E-state index contributed by atoms with van der Waals surface area (Å²) in [5, 5.41) is 21.9. The predicted octanol–water partition coefficient (Wildman–Crippen LogP) is 2.54. The van der Waals surface area contributed by atoms with Crippen LogP contribution in [0.25, 0.3) is 0 Å². The molecule has 2 atom stereocenters. The zero-order valence-corrected chi connectivity index (χ0v) is 13.9. The fraction of sp³-hybridized carbons (Fsp3) is 0.867. The largest absolute Gasteiger partial charge is 0.480 e. The highest BCUT2D eigenvalue weighted by Crippen LogP contribution is 2.25. The van der Waals surface area contributed by atoms with Crippen LogP contribution in [0.15, 0.2) is 0 Å². The van der Waals surface area contributed by atoms with Gasteiger partial charge in [-0.15, -0.1) is 0 Å². The van der Waals surface area contributed by atoms with Gasteiger partial charge in [0.1, 0.15) is 11.1 Å². The van der Waals surface area contributed by atoms with Crippen LogP contribution < -0.4 is 5.32 Å². The van der Waals surface area contributed by atoms with E-state index in [9.17, 15) is 19.8 Å². The lowest BCUT2D eigenvalue weighted by Gasteiger charge is -2.34. The van der Waals surface area contributed by atoms with Crippen molar-refractivity contribution >= 4 is 12.1 Å². The van der Waals surface area contributed by atoms with Crippen molar-refractivity contribution in [3.63, 3.8) is 0 Å².